The summed E-state index contributed by atoms with van der Waals surface area (Å²) in [6, 6.07) is 0. The van der Waals surface area contributed by atoms with Crippen LogP contribution in [-0.2, 0) is 9.47 Å². The number of hydrogen-bond acceptors (Lipinski definition) is 2. The normalized spacial score (nSPS) is 40.5. The Morgan fingerprint density at radius 1 is 1.17 bits per heavy atom. The van der Waals surface area contributed by atoms with E-state index in [9.17, 15) is 0 Å². The number of hydrogen-bond donors (Lipinski definition) is 0. The second kappa shape index (κ2) is 7.25. The molecule has 5 unspecified atom stereocenters. The van der Waals surface area contributed by atoms with E-state index in [1.807, 2.05) is 0 Å². The average molecular weight is 319 g/mol. The van der Waals surface area contributed by atoms with Crippen molar-refractivity contribution in [3.05, 3.63) is 0 Å². The van der Waals surface area contributed by atoms with E-state index in [0.717, 1.165) is 37.9 Å². The zero-order chi connectivity index (χ0) is 13.0. The summed E-state index contributed by atoms with van der Waals surface area (Å²) in [6.07, 6.45) is 8.31. The van der Waals surface area contributed by atoms with Crippen molar-refractivity contribution >= 4 is 15.9 Å². The molecule has 2 fully saturated rings. The highest BCUT2D eigenvalue weighted by atomic mass is 79.9. The SMILES string of the molecule is CCCOC1C(Br)CC1OCC1CCCC(C)C1. The number of rotatable bonds is 6. The molecule has 0 N–H and O–H groups in total. The first kappa shape index (κ1) is 14.8. The molecule has 0 aliphatic heterocycles. The van der Waals surface area contributed by atoms with Gasteiger partial charge in [0.25, 0.3) is 0 Å². The Hall–Kier alpha value is 0.400. The fourth-order valence-corrected chi connectivity index (χ4v) is 3.99. The third-order valence-electron chi connectivity index (χ3n) is 4.29. The summed E-state index contributed by atoms with van der Waals surface area (Å²) < 4.78 is 11.9. The molecule has 0 heterocycles. The molecule has 18 heavy (non-hydrogen) atoms. The first-order valence-corrected chi connectivity index (χ1v) is 8.49. The molecule has 0 aromatic rings. The Morgan fingerprint density at radius 2 is 2.00 bits per heavy atom. The van der Waals surface area contributed by atoms with Crippen LogP contribution >= 0.6 is 15.9 Å². The van der Waals surface area contributed by atoms with Crippen LogP contribution in [0.5, 0.6) is 0 Å². The van der Waals surface area contributed by atoms with Crippen molar-refractivity contribution in [1.29, 1.82) is 0 Å². The lowest BCUT2D eigenvalue weighted by Crippen LogP contribution is -2.51. The smallest absolute Gasteiger partial charge is 0.0962 e. The van der Waals surface area contributed by atoms with Crippen molar-refractivity contribution in [2.45, 2.75) is 69.4 Å². The topological polar surface area (TPSA) is 18.5 Å². The van der Waals surface area contributed by atoms with Crippen LogP contribution in [0.1, 0.15) is 52.4 Å². The number of ether oxygens (including phenoxy) is 2. The summed E-state index contributed by atoms with van der Waals surface area (Å²) >= 11 is 3.67. The van der Waals surface area contributed by atoms with Crippen LogP contribution in [0.3, 0.4) is 0 Å². The second-order valence-electron chi connectivity index (χ2n) is 6.10. The fraction of sp³-hybridized carbons (Fsp3) is 1.00. The minimum absolute atomic E-state index is 0.283. The molecule has 2 rings (SSSR count). The van der Waals surface area contributed by atoms with Crippen molar-refractivity contribution in [1.82, 2.24) is 0 Å². The van der Waals surface area contributed by atoms with Crippen LogP contribution in [0.25, 0.3) is 0 Å². The summed E-state index contributed by atoms with van der Waals surface area (Å²) in [5, 5.41) is 0. The molecule has 0 saturated heterocycles. The minimum Gasteiger partial charge on any atom is -0.375 e. The molecule has 0 aromatic carbocycles. The predicted molar refractivity (Wildman–Crippen MR) is 78.2 cm³/mol. The maximum absolute atomic E-state index is 6.09. The quantitative estimate of drug-likeness (QED) is 0.685. The van der Waals surface area contributed by atoms with Gasteiger partial charge in [-0.2, -0.15) is 0 Å². The van der Waals surface area contributed by atoms with Crippen molar-refractivity contribution in [3.8, 4) is 0 Å². The summed E-state index contributed by atoms with van der Waals surface area (Å²) in [5.74, 6) is 1.68. The van der Waals surface area contributed by atoms with E-state index >= 15 is 0 Å². The van der Waals surface area contributed by atoms with Crippen molar-refractivity contribution in [3.63, 3.8) is 0 Å². The highest BCUT2D eigenvalue weighted by Gasteiger charge is 2.41. The Balaban J connectivity index is 1.66. The lowest BCUT2D eigenvalue weighted by Gasteiger charge is -2.42. The highest BCUT2D eigenvalue weighted by molar-refractivity contribution is 9.09. The zero-order valence-electron chi connectivity index (χ0n) is 11.7. The highest BCUT2D eigenvalue weighted by Crippen LogP contribution is 2.35. The molecule has 2 nitrogen and oxygen atoms in total. The predicted octanol–water partition coefficient (Wildman–Crippen LogP) is 4.16. The zero-order valence-corrected chi connectivity index (χ0v) is 13.3. The molecule has 0 spiro atoms. The molecule has 0 radical (unpaired) electrons. The third-order valence-corrected chi connectivity index (χ3v) is 5.18. The van der Waals surface area contributed by atoms with Gasteiger partial charge < -0.3 is 9.47 Å². The van der Waals surface area contributed by atoms with Gasteiger partial charge >= 0.3 is 0 Å². The van der Waals surface area contributed by atoms with Gasteiger partial charge in [0, 0.05) is 18.0 Å². The molecule has 2 aliphatic rings. The summed E-state index contributed by atoms with van der Waals surface area (Å²) in [4.78, 5) is 0.499. The molecule has 2 aliphatic carbocycles. The summed E-state index contributed by atoms with van der Waals surface area (Å²) in [7, 11) is 0. The second-order valence-corrected chi connectivity index (χ2v) is 7.27. The number of halogens is 1. The van der Waals surface area contributed by atoms with Gasteiger partial charge in [-0.25, -0.2) is 0 Å². The standard InChI is InChI=1S/C15H27BrO2/c1-3-7-17-15-13(16)9-14(15)18-10-12-6-4-5-11(2)8-12/h11-15H,3-10H2,1-2H3. The molecule has 0 amide bonds. The average Bonchev–Trinajstić information content (AvgIpc) is 2.34. The minimum atomic E-state index is 0.283. The van der Waals surface area contributed by atoms with E-state index in [1.54, 1.807) is 0 Å². The monoisotopic (exact) mass is 318 g/mol. The van der Waals surface area contributed by atoms with Gasteiger partial charge in [0.1, 0.15) is 0 Å². The van der Waals surface area contributed by atoms with E-state index in [4.69, 9.17) is 9.47 Å². The van der Waals surface area contributed by atoms with Crippen LogP contribution in [-0.4, -0.2) is 30.2 Å². The van der Waals surface area contributed by atoms with Gasteiger partial charge in [0.2, 0.25) is 0 Å². The maximum Gasteiger partial charge on any atom is 0.0962 e. The third kappa shape index (κ3) is 3.94. The van der Waals surface area contributed by atoms with Gasteiger partial charge in [-0.1, -0.05) is 42.6 Å². The van der Waals surface area contributed by atoms with E-state index in [1.165, 1.54) is 25.7 Å². The van der Waals surface area contributed by atoms with Gasteiger partial charge in [0.05, 0.1) is 12.2 Å². The number of alkyl halides is 1. The van der Waals surface area contributed by atoms with Crippen LogP contribution in [0.2, 0.25) is 0 Å². The van der Waals surface area contributed by atoms with Crippen LogP contribution in [0, 0.1) is 11.8 Å². The molecule has 5 atom stereocenters. The fourth-order valence-electron chi connectivity index (χ4n) is 3.13. The lowest BCUT2D eigenvalue weighted by atomic mass is 9.83. The Bertz CT molecular complexity index is 247. The molecule has 0 aromatic heterocycles. The van der Waals surface area contributed by atoms with Gasteiger partial charge in [-0.3, -0.25) is 0 Å². The summed E-state index contributed by atoms with van der Waals surface area (Å²) in [5.41, 5.74) is 0. The largest absolute Gasteiger partial charge is 0.375 e. The van der Waals surface area contributed by atoms with E-state index in [2.05, 4.69) is 29.8 Å². The van der Waals surface area contributed by atoms with Gasteiger partial charge in [-0.05, 0) is 37.5 Å². The van der Waals surface area contributed by atoms with Crippen molar-refractivity contribution in [2.24, 2.45) is 11.8 Å². The van der Waals surface area contributed by atoms with Crippen molar-refractivity contribution in [2.75, 3.05) is 13.2 Å². The molecule has 3 heteroatoms. The van der Waals surface area contributed by atoms with Crippen LogP contribution in [0.15, 0.2) is 0 Å². The molecule has 0 bridgehead atoms. The Kier molecular flexibility index (Phi) is 5.96. The maximum atomic E-state index is 6.09. The molecular formula is C15H27BrO2. The van der Waals surface area contributed by atoms with Crippen LogP contribution < -0.4 is 0 Å². The van der Waals surface area contributed by atoms with Crippen LogP contribution in [0.4, 0.5) is 0 Å². The molecular weight excluding hydrogens is 292 g/mol. The first-order chi connectivity index (χ1) is 8.70. The molecule has 2 saturated carbocycles. The lowest BCUT2D eigenvalue weighted by molar-refractivity contribution is -0.129. The Labute approximate surface area is 120 Å². The van der Waals surface area contributed by atoms with Gasteiger partial charge in [0.15, 0.2) is 0 Å². The van der Waals surface area contributed by atoms with Gasteiger partial charge in [-0.15, -0.1) is 0 Å². The Morgan fingerprint density at radius 3 is 2.67 bits per heavy atom. The van der Waals surface area contributed by atoms with E-state index in [-0.39, 0.29) is 6.10 Å². The van der Waals surface area contributed by atoms with E-state index in [0.29, 0.717) is 10.9 Å². The first-order valence-electron chi connectivity index (χ1n) is 7.58. The van der Waals surface area contributed by atoms with Crippen molar-refractivity contribution < 1.29 is 9.47 Å². The summed E-state index contributed by atoms with van der Waals surface area (Å²) in [6.45, 7) is 6.33. The van der Waals surface area contributed by atoms with E-state index < -0.39 is 0 Å². The molecule has 106 valence electrons.